The lowest BCUT2D eigenvalue weighted by Gasteiger charge is -2.21. The molecule has 156 valence electrons. The number of aromatic nitrogens is 1. The van der Waals surface area contributed by atoms with E-state index >= 15 is 0 Å². The van der Waals surface area contributed by atoms with Crippen molar-refractivity contribution in [3.63, 3.8) is 0 Å². The van der Waals surface area contributed by atoms with Crippen LogP contribution in [0.2, 0.25) is 0 Å². The summed E-state index contributed by atoms with van der Waals surface area (Å²) >= 11 is 0. The van der Waals surface area contributed by atoms with E-state index in [1.54, 1.807) is 6.07 Å². The van der Waals surface area contributed by atoms with Crippen molar-refractivity contribution in [3.8, 4) is 11.1 Å². The first-order chi connectivity index (χ1) is 14.9. The summed E-state index contributed by atoms with van der Waals surface area (Å²) in [5.74, 6) is -2.04. The summed E-state index contributed by atoms with van der Waals surface area (Å²) in [5.41, 5.74) is 4.23. The molecule has 5 nitrogen and oxygen atoms in total. The van der Waals surface area contributed by atoms with Crippen LogP contribution in [0.5, 0.6) is 0 Å². The molecule has 0 saturated heterocycles. The third-order valence-corrected chi connectivity index (χ3v) is 5.11. The second-order valence-corrected chi connectivity index (χ2v) is 7.47. The molecule has 0 radical (unpaired) electrons. The maximum Gasteiger partial charge on any atom is 0.323 e. The summed E-state index contributed by atoms with van der Waals surface area (Å²) in [4.78, 5) is 29.4. The van der Waals surface area contributed by atoms with Crippen molar-refractivity contribution >= 4 is 22.8 Å². The van der Waals surface area contributed by atoms with E-state index in [0.717, 1.165) is 27.6 Å². The number of carbonyl (C=O) groups is 2. The third-order valence-electron chi connectivity index (χ3n) is 5.11. The summed E-state index contributed by atoms with van der Waals surface area (Å²) < 4.78 is 13.6. The molecule has 0 fully saturated rings. The first-order valence-electron chi connectivity index (χ1n) is 9.85. The summed E-state index contributed by atoms with van der Waals surface area (Å²) in [5, 5.41) is 10.3. The van der Waals surface area contributed by atoms with Gasteiger partial charge >= 0.3 is 5.97 Å². The Bertz CT molecular complexity index is 1260. The Labute approximate surface area is 178 Å². The average molecular weight is 416 g/mol. The van der Waals surface area contributed by atoms with E-state index in [1.165, 1.54) is 23.1 Å². The van der Waals surface area contributed by atoms with Crippen molar-refractivity contribution < 1.29 is 19.1 Å². The maximum absolute atomic E-state index is 13.6. The molecule has 0 saturated carbocycles. The van der Waals surface area contributed by atoms with Crippen LogP contribution in [-0.2, 0) is 11.3 Å². The molecule has 31 heavy (non-hydrogen) atoms. The Hall–Kier alpha value is -3.93. The minimum absolute atomic E-state index is 0.0223. The smallest absolute Gasteiger partial charge is 0.323 e. The summed E-state index contributed by atoms with van der Waals surface area (Å²) in [7, 11) is 0. The fraction of sp³-hybridized carbons (Fsp3) is 0.120. The first-order valence-corrected chi connectivity index (χ1v) is 9.85. The number of hydrogen-bond donors (Lipinski definition) is 2. The van der Waals surface area contributed by atoms with E-state index in [4.69, 9.17) is 0 Å². The Morgan fingerprint density at radius 2 is 1.77 bits per heavy atom. The number of rotatable bonds is 6. The molecular formula is C25H21FN2O3. The summed E-state index contributed by atoms with van der Waals surface area (Å²) in [6.07, 6.45) is 0. The van der Waals surface area contributed by atoms with Crippen molar-refractivity contribution in [2.45, 2.75) is 13.5 Å². The molecule has 2 N–H and O–H groups in total. The van der Waals surface area contributed by atoms with Gasteiger partial charge in [-0.05, 0) is 42.3 Å². The molecule has 0 spiro atoms. The predicted molar refractivity (Wildman–Crippen MR) is 117 cm³/mol. The SMILES string of the molecule is Cc1ccc2[nH]c(C(=O)N(CC(=O)O)Cc3cccc(F)c3)c(-c3ccccc3)c2c1. The van der Waals surface area contributed by atoms with Gasteiger partial charge in [0.2, 0.25) is 0 Å². The molecular weight excluding hydrogens is 395 g/mol. The predicted octanol–water partition coefficient (Wildman–Crippen LogP) is 5.01. The maximum atomic E-state index is 13.6. The second kappa shape index (κ2) is 8.44. The van der Waals surface area contributed by atoms with E-state index in [-0.39, 0.29) is 6.54 Å². The number of amides is 1. The van der Waals surface area contributed by atoms with Gasteiger partial charge in [-0.2, -0.15) is 0 Å². The van der Waals surface area contributed by atoms with E-state index in [2.05, 4.69) is 4.98 Å². The molecule has 0 aliphatic heterocycles. The highest BCUT2D eigenvalue weighted by atomic mass is 19.1. The van der Waals surface area contributed by atoms with Gasteiger partial charge in [0, 0.05) is 23.0 Å². The quantitative estimate of drug-likeness (QED) is 0.464. The number of nitrogens with one attached hydrogen (secondary N) is 1. The van der Waals surface area contributed by atoms with Crippen LogP contribution in [0.15, 0.2) is 72.8 Å². The van der Waals surface area contributed by atoms with E-state index in [1.807, 2.05) is 55.5 Å². The van der Waals surface area contributed by atoms with Crippen LogP contribution in [0.4, 0.5) is 4.39 Å². The van der Waals surface area contributed by atoms with Gasteiger partial charge in [0.15, 0.2) is 0 Å². The highest BCUT2D eigenvalue weighted by molar-refractivity contribution is 6.10. The molecule has 4 rings (SSSR count). The molecule has 3 aromatic carbocycles. The largest absolute Gasteiger partial charge is 0.480 e. The zero-order chi connectivity index (χ0) is 22.0. The zero-order valence-corrected chi connectivity index (χ0v) is 16.9. The van der Waals surface area contributed by atoms with Gasteiger partial charge < -0.3 is 15.0 Å². The Kier molecular flexibility index (Phi) is 5.54. The Balaban J connectivity index is 1.83. The van der Waals surface area contributed by atoms with Crippen LogP contribution in [-0.4, -0.2) is 33.4 Å². The van der Waals surface area contributed by atoms with Crippen molar-refractivity contribution in [2.75, 3.05) is 6.54 Å². The second-order valence-electron chi connectivity index (χ2n) is 7.47. The highest BCUT2D eigenvalue weighted by Crippen LogP contribution is 2.34. The minimum atomic E-state index is -1.14. The number of carboxylic acids is 1. The van der Waals surface area contributed by atoms with Gasteiger partial charge in [0.05, 0.1) is 0 Å². The molecule has 0 atom stereocenters. The topological polar surface area (TPSA) is 73.4 Å². The van der Waals surface area contributed by atoms with Gasteiger partial charge in [-0.15, -0.1) is 0 Å². The average Bonchev–Trinajstić information content (AvgIpc) is 3.11. The molecule has 0 aliphatic carbocycles. The number of benzene rings is 3. The number of aryl methyl sites for hydroxylation is 1. The fourth-order valence-electron chi connectivity index (χ4n) is 3.75. The number of nitrogens with zero attached hydrogens (tertiary/aromatic N) is 1. The Morgan fingerprint density at radius 1 is 1.00 bits per heavy atom. The van der Waals surface area contributed by atoms with E-state index < -0.39 is 24.2 Å². The standard InChI is InChI=1S/C25H21FN2O3/c1-16-10-11-21-20(12-16)23(18-7-3-2-4-8-18)24(27-21)25(31)28(15-22(29)30)14-17-6-5-9-19(26)13-17/h2-13,27H,14-15H2,1H3,(H,29,30). The van der Waals surface area contributed by atoms with E-state index in [0.29, 0.717) is 11.3 Å². The lowest BCUT2D eigenvalue weighted by atomic mass is 10.00. The molecule has 6 heteroatoms. The monoisotopic (exact) mass is 416 g/mol. The normalized spacial score (nSPS) is 10.9. The number of aliphatic carboxylic acids is 1. The fourth-order valence-corrected chi connectivity index (χ4v) is 3.75. The lowest BCUT2D eigenvalue weighted by molar-refractivity contribution is -0.137. The third kappa shape index (κ3) is 4.33. The van der Waals surface area contributed by atoms with Gasteiger partial charge in [0.1, 0.15) is 18.1 Å². The molecule has 0 unspecified atom stereocenters. The molecule has 4 aromatic rings. The van der Waals surface area contributed by atoms with Gasteiger partial charge in [0.25, 0.3) is 5.91 Å². The zero-order valence-electron chi connectivity index (χ0n) is 16.9. The number of fused-ring (bicyclic) bond motifs is 1. The van der Waals surface area contributed by atoms with Gasteiger partial charge in [-0.1, -0.05) is 54.1 Å². The Morgan fingerprint density at radius 3 is 2.48 bits per heavy atom. The van der Waals surface area contributed by atoms with Crippen molar-refractivity contribution in [3.05, 3.63) is 95.4 Å². The number of H-pyrrole nitrogens is 1. The number of hydrogen-bond acceptors (Lipinski definition) is 2. The number of aromatic amines is 1. The van der Waals surface area contributed by atoms with E-state index in [9.17, 15) is 19.1 Å². The van der Waals surface area contributed by atoms with Crippen molar-refractivity contribution in [2.24, 2.45) is 0 Å². The van der Waals surface area contributed by atoms with Crippen LogP contribution in [0.1, 0.15) is 21.6 Å². The van der Waals surface area contributed by atoms with Crippen molar-refractivity contribution in [1.82, 2.24) is 9.88 Å². The number of carbonyl (C=O) groups excluding carboxylic acids is 1. The van der Waals surface area contributed by atoms with Crippen LogP contribution >= 0.6 is 0 Å². The van der Waals surface area contributed by atoms with Gasteiger partial charge in [-0.25, -0.2) is 4.39 Å². The summed E-state index contributed by atoms with van der Waals surface area (Å²) in [6, 6.07) is 21.2. The first kappa shape index (κ1) is 20.3. The molecule has 0 aliphatic rings. The minimum Gasteiger partial charge on any atom is -0.480 e. The van der Waals surface area contributed by atoms with Crippen LogP contribution < -0.4 is 0 Å². The van der Waals surface area contributed by atoms with Crippen LogP contribution in [0.3, 0.4) is 0 Å². The van der Waals surface area contributed by atoms with Crippen LogP contribution in [0, 0.1) is 12.7 Å². The highest BCUT2D eigenvalue weighted by Gasteiger charge is 2.25. The molecule has 1 heterocycles. The molecule has 0 bridgehead atoms. The number of halogens is 1. The van der Waals surface area contributed by atoms with Gasteiger partial charge in [-0.3, -0.25) is 9.59 Å². The van der Waals surface area contributed by atoms with Crippen molar-refractivity contribution in [1.29, 1.82) is 0 Å². The van der Waals surface area contributed by atoms with Crippen LogP contribution in [0.25, 0.3) is 22.0 Å². The number of carboxylic acid groups (broad SMARTS) is 1. The molecule has 1 amide bonds. The molecule has 1 aromatic heterocycles. The lowest BCUT2D eigenvalue weighted by Crippen LogP contribution is -2.35. The summed E-state index contributed by atoms with van der Waals surface area (Å²) in [6.45, 7) is 1.45.